The number of fused-ring (bicyclic) bond motifs is 2. The molecule has 0 radical (unpaired) electrons. The number of nitrogens with zero attached hydrogens (tertiary/aromatic N) is 3. The van der Waals surface area contributed by atoms with E-state index >= 15 is 0 Å². The fourth-order valence-corrected chi connectivity index (χ4v) is 4.13. The molecule has 2 aromatic rings. The Bertz CT molecular complexity index is 1330. The van der Waals surface area contributed by atoms with E-state index in [0.717, 1.165) is 54.3 Å². The number of rotatable bonds is 8. The summed E-state index contributed by atoms with van der Waals surface area (Å²) in [5.41, 5.74) is 3.90. The lowest BCUT2D eigenvalue weighted by Gasteiger charge is -2.18. The highest BCUT2D eigenvalue weighted by Gasteiger charge is 2.19. The molecule has 0 aromatic heterocycles. The first-order chi connectivity index (χ1) is 15.5. The molecule has 0 aliphatic carbocycles. The van der Waals surface area contributed by atoms with Crippen LogP contribution >= 0.6 is 11.6 Å². The zero-order valence-corrected chi connectivity index (χ0v) is 18.7. The molecule has 0 fully saturated rings. The van der Waals surface area contributed by atoms with Gasteiger partial charge in [-0.1, -0.05) is 23.7 Å². The maximum Gasteiger partial charge on any atom is 0.349 e. The van der Waals surface area contributed by atoms with Crippen molar-refractivity contribution in [2.75, 3.05) is 6.61 Å². The minimum atomic E-state index is -0.676. The quantitative estimate of drug-likeness (QED) is 0.315. The number of hydrogen-bond donors (Lipinski definition) is 2. The Hall–Kier alpha value is -3.03. The third-order valence-corrected chi connectivity index (χ3v) is 5.93. The van der Waals surface area contributed by atoms with E-state index in [4.69, 9.17) is 16.7 Å². The number of benzene rings is 2. The van der Waals surface area contributed by atoms with Gasteiger partial charge in [-0.2, -0.15) is 4.98 Å². The van der Waals surface area contributed by atoms with Crippen molar-refractivity contribution in [3.8, 4) is 11.5 Å². The standard InChI is InChI=1S/C24H25ClN4O3/c1-15-13-19-20(14-17(15)6-2-3-12-30)29(11-4-5-16-7-9-18(25)10-8-16)22-21(26-19)23(31)28-24(32)27-22/h7-10,13-14,30H,2-6,11-12H2,1H3,(H,28,31,32). The molecular weight excluding hydrogens is 428 g/mol. The molecule has 0 atom stereocenters. The smallest absolute Gasteiger partial charge is 0.349 e. The van der Waals surface area contributed by atoms with E-state index < -0.39 is 11.2 Å². The first kappa shape index (κ1) is 22.2. The monoisotopic (exact) mass is 452 g/mol. The Morgan fingerprint density at radius 3 is 2.56 bits per heavy atom. The fourth-order valence-electron chi connectivity index (χ4n) is 4.00. The number of aliphatic hydroxyl groups excluding tert-OH is 1. The van der Waals surface area contributed by atoms with Crippen LogP contribution in [0.25, 0.3) is 22.6 Å². The molecule has 2 aliphatic rings. The summed E-state index contributed by atoms with van der Waals surface area (Å²) in [5.74, 6) is 0.299. The topological polar surface area (TPSA) is 101 Å². The first-order valence-electron chi connectivity index (χ1n) is 10.8. The van der Waals surface area contributed by atoms with E-state index in [9.17, 15) is 9.59 Å². The second-order valence-electron chi connectivity index (χ2n) is 7.98. The highest BCUT2D eigenvalue weighted by molar-refractivity contribution is 6.30. The molecule has 166 valence electrons. The molecule has 2 aromatic carbocycles. The number of hydrogen-bond acceptors (Lipinski definition) is 5. The van der Waals surface area contributed by atoms with Crippen molar-refractivity contribution in [1.82, 2.24) is 19.5 Å². The Morgan fingerprint density at radius 1 is 1.03 bits per heavy atom. The third-order valence-electron chi connectivity index (χ3n) is 5.68. The van der Waals surface area contributed by atoms with Gasteiger partial charge in [-0.25, -0.2) is 9.78 Å². The lowest BCUT2D eigenvalue weighted by atomic mass is 10.0. The predicted molar refractivity (Wildman–Crippen MR) is 126 cm³/mol. The second kappa shape index (κ2) is 9.63. The predicted octanol–water partition coefficient (Wildman–Crippen LogP) is 3.49. The molecule has 0 spiro atoms. The van der Waals surface area contributed by atoms with Crippen LogP contribution in [0.2, 0.25) is 5.02 Å². The van der Waals surface area contributed by atoms with Crippen molar-refractivity contribution < 1.29 is 5.11 Å². The largest absolute Gasteiger partial charge is 0.396 e. The van der Waals surface area contributed by atoms with Gasteiger partial charge in [-0.3, -0.25) is 9.78 Å². The van der Waals surface area contributed by atoms with Gasteiger partial charge in [0.25, 0.3) is 5.56 Å². The molecular formula is C24H25ClN4O3. The molecule has 0 unspecified atom stereocenters. The lowest BCUT2D eigenvalue weighted by Crippen LogP contribution is -2.29. The van der Waals surface area contributed by atoms with Crippen LogP contribution in [0.15, 0.2) is 46.0 Å². The van der Waals surface area contributed by atoms with Crippen LogP contribution in [-0.2, 0) is 19.4 Å². The molecule has 8 heteroatoms. The maximum absolute atomic E-state index is 12.4. The number of aliphatic hydroxyl groups is 1. The molecule has 0 saturated carbocycles. The van der Waals surface area contributed by atoms with Crippen LogP contribution in [0, 0.1) is 6.92 Å². The molecule has 32 heavy (non-hydrogen) atoms. The van der Waals surface area contributed by atoms with E-state index in [-0.39, 0.29) is 12.3 Å². The molecule has 0 saturated heterocycles. The van der Waals surface area contributed by atoms with Crippen LogP contribution < -0.4 is 11.2 Å². The number of nitrogens with one attached hydrogen (secondary N) is 1. The van der Waals surface area contributed by atoms with Gasteiger partial charge in [0.1, 0.15) is 0 Å². The summed E-state index contributed by atoms with van der Waals surface area (Å²) in [4.78, 5) is 35.3. The van der Waals surface area contributed by atoms with Crippen molar-refractivity contribution in [2.24, 2.45) is 0 Å². The molecule has 2 heterocycles. The van der Waals surface area contributed by atoms with Gasteiger partial charge in [0.05, 0.1) is 11.0 Å². The highest BCUT2D eigenvalue weighted by Crippen LogP contribution is 2.25. The van der Waals surface area contributed by atoms with E-state index in [2.05, 4.69) is 21.0 Å². The normalized spacial score (nSPS) is 11.5. The van der Waals surface area contributed by atoms with Crippen molar-refractivity contribution in [3.05, 3.63) is 78.9 Å². The summed E-state index contributed by atoms with van der Waals surface area (Å²) in [6.07, 6.45) is 4.06. The zero-order valence-electron chi connectivity index (χ0n) is 17.9. The molecule has 7 nitrogen and oxygen atoms in total. The summed E-state index contributed by atoms with van der Waals surface area (Å²) in [5, 5.41) is 9.81. The molecule has 0 bridgehead atoms. The number of halogens is 1. The lowest BCUT2D eigenvalue weighted by molar-refractivity contribution is 0.284. The highest BCUT2D eigenvalue weighted by atomic mass is 35.5. The summed E-state index contributed by atoms with van der Waals surface area (Å²) >= 11 is 5.98. The number of unbranched alkanes of at least 4 members (excludes halogenated alkanes) is 1. The van der Waals surface area contributed by atoms with Crippen molar-refractivity contribution in [2.45, 2.75) is 45.6 Å². The van der Waals surface area contributed by atoms with Crippen LogP contribution in [0.4, 0.5) is 0 Å². The number of aromatic nitrogens is 4. The van der Waals surface area contributed by atoms with Crippen molar-refractivity contribution in [3.63, 3.8) is 0 Å². The van der Waals surface area contributed by atoms with Crippen LogP contribution in [0.1, 0.15) is 36.0 Å². The summed E-state index contributed by atoms with van der Waals surface area (Å²) in [6, 6.07) is 11.8. The van der Waals surface area contributed by atoms with Gasteiger partial charge in [0, 0.05) is 18.2 Å². The van der Waals surface area contributed by atoms with Gasteiger partial charge in [0.15, 0.2) is 11.5 Å². The molecule has 4 rings (SSSR count). The summed E-state index contributed by atoms with van der Waals surface area (Å²) in [7, 11) is 0. The van der Waals surface area contributed by atoms with Gasteiger partial charge < -0.3 is 9.67 Å². The maximum atomic E-state index is 12.4. The van der Waals surface area contributed by atoms with Crippen LogP contribution in [0.5, 0.6) is 0 Å². The Morgan fingerprint density at radius 2 is 1.81 bits per heavy atom. The summed E-state index contributed by atoms with van der Waals surface area (Å²) in [6.45, 7) is 2.77. The minimum Gasteiger partial charge on any atom is -0.396 e. The zero-order chi connectivity index (χ0) is 22.7. The SMILES string of the molecule is Cc1cc2nc3c(=O)[nH]c(=O)nc-3n(CCCc3ccc(Cl)cc3)c2cc1CCCCO. The van der Waals surface area contributed by atoms with E-state index in [0.29, 0.717) is 22.9 Å². The van der Waals surface area contributed by atoms with E-state index in [1.165, 1.54) is 0 Å². The molecule has 0 amide bonds. The van der Waals surface area contributed by atoms with Crippen LogP contribution in [-0.4, -0.2) is 31.2 Å². The number of aromatic amines is 1. The first-order valence-corrected chi connectivity index (χ1v) is 11.1. The Labute approximate surface area is 190 Å². The van der Waals surface area contributed by atoms with Gasteiger partial charge >= 0.3 is 5.69 Å². The van der Waals surface area contributed by atoms with Gasteiger partial charge in [-0.05, 0) is 80.0 Å². The van der Waals surface area contributed by atoms with Crippen molar-refractivity contribution in [1.29, 1.82) is 0 Å². The Balaban J connectivity index is 1.77. The number of aryl methyl sites for hydroxylation is 4. The minimum absolute atomic E-state index is 0.163. The average molecular weight is 453 g/mol. The van der Waals surface area contributed by atoms with Gasteiger partial charge in [0.2, 0.25) is 0 Å². The Kier molecular flexibility index (Phi) is 6.67. The summed E-state index contributed by atoms with van der Waals surface area (Å²) < 4.78 is 1.93. The molecule has 2 aliphatic heterocycles. The average Bonchev–Trinajstić information content (AvgIpc) is 2.76. The van der Waals surface area contributed by atoms with Crippen molar-refractivity contribution >= 4 is 22.6 Å². The van der Waals surface area contributed by atoms with E-state index in [1.807, 2.05) is 41.8 Å². The number of H-pyrrole nitrogens is 1. The van der Waals surface area contributed by atoms with Gasteiger partial charge in [-0.15, -0.1) is 0 Å². The van der Waals surface area contributed by atoms with E-state index in [1.54, 1.807) is 0 Å². The van der Waals surface area contributed by atoms with Crippen LogP contribution in [0.3, 0.4) is 0 Å². The fraction of sp³-hybridized carbons (Fsp3) is 0.333. The third kappa shape index (κ3) is 4.74. The molecule has 2 N–H and O–H groups in total. The second-order valence-corrected chi connectivity index (χ2v) is 8.42.